The zero-order valence-corrected chi connectivity index (χ0v) is 9.08. The van der Waals surface area contributed by atoms with Crippen LogP contribution in [-0.2, 0) is 11.2 Å². The molecule has 0 aromatic heterocycles. The number of anilines is 1. The number of nitrogens with one attached hydrogen (secondary N) is 1. The first kappa shape index (κ1) is 9.03. The van der Waals surface area contributed by atoms with Crippen molar-refractivity contribution in [3.05, 3.63) is 27.2 Å². The van der Waals surface area contributed by atoms with Crippen LogP contribution in [0.1, 0.15) is 12.0 Å². The molecule has 2 rings (SSSR count). The van der Waals surface area contributed by atoms with E-state index in [1.54, 1.807) is 6.07 Å². The van der Waals surface area contributed by atoms with Gasteiger partial charge in [-0.3, -0.25) is 4.79 Å². The highest BCUT2D eigenvalue weighted by Gasteiger charge is 2.17. The molecule has 0 bridgehead atoms. The van der Waals surface area contributed by atoms with E-state index < -0.39 is 0 Å². The maximum Gasteiger partial charge on any atom is 0.224 e. The smallest absolute Gasteiger partial charge is 0.224 e. The molecule has 1 heterocycles. The molecular formula is C9H7BrClNO. The van der Waals surface area contributed by atoms with E-state index >= 15 is 0 Å². The molecular weight excluding hydrogens is 253 g/mol. The highest BCUT2D eigenvalue weighted by Crippen LogP contribution is 2.33. The maximum atomic E-state index is 11.1. The molecule has 0 fully saturated rings. The van der Waals surface area contributed by atoms with E-state index in [2.05, 4.69) is 21.2 Å². The molecule has 0 spiro atoms. The molecule has 13 heavy (non-hydrogen) atoms. The molecule has 1 N–H and O–H groups in total. The van der Waals surface area contributed by atoms with Gasteiger partial charge in [0.15, 0.2) is 0 Å². The van der Waals surface area contributed by atoms with Gasteiger partial charge in [-0.15, -0.1) is 0 Å². The molecule has 4 heteroatoms. The predicted molar refractivity (Wildman–Crippen MR) is 56.1 cm³/mol. The number of aryl methyl sites for hydroxylation is 1. The van der Waals surface area contributed by atoms with Gasteiger partial charge in [0.05, 0.1) is 5.69 Å². The Labute approximate surface area is 89.4 Å². The van der Waals surface area contributed by atoms with Crippen LogP contribution in [0.2, 0.25) is 5.02 Å². The van der Waals surface area contributed by atoms with Crippen molar-refractivity contribution >= 4 is 39.1 Å². The van der Waals surface area contributed by atoms with E-state index in [1.807, 2.05) is 6.07 Å². The topological polar surface area (TPSA) is 29.1 Å². The van der Waals surface area contributed by atoms with Crippen molar-refractivity contribution in [2.75, 3.05) is 5.32 Å². The molecule has 0 atom stereocenters. The Morgan fingerprint density at radius 1 is 1.38 bits per heavy atom. The first-order valence-electron chi connectivity index (χ1n) is 3.94. The van der Waals surface area contributed by atoms with E-state index in [9.17, 15) is 4.79 Å². The van der Waals surface area contributed by atoms with E-state index in [-0.39, 0.29) is 5.91 Å². The highest BCUT2D eigenvalue weighted by molar-refractivity contribution is 9.10. The fourth-order valence-electron chi connectivity index (χ4n) is 1.41. The van der Waals surface area contributed by atoms with Gasteiger partial charge in [0.25, 0.3) is 0 Å². The Morgan fingerprint density at radius 2 is 2.15 bits per heavy atom. The summed E-state index contributed by atoms with van der Waals surface area (Å²) in [6.45, 7) is 0. The summed E-state index contributed by atoms with van der Waals surface area (Å²) in [6, 6.07) is 3.67. The summed E-state index contributed by atoms with van der Waals surface area (Å²) in [5.41, 5.74) is 1.96. The Hall–Kier alpha value is -0.540. The second-order valence-corrected chi connectivity index (χ2v) is 4.26. The number of hydrogen-bond donors (Lipinski definition) is 1. The third kappa shape index (κ3) is 1.71. The monoisotopic (exact) mass is 259 g/mol. The minimum absolute atomic E-state index is 0.0653. The number of halogens is 2. The molecule has 68 valence electrons. The molecule has 0 unspecified atom stereocenters. The van der Waals surface area contributed by atoms with Gasteiger partial charge in [0.1, 0.15) is 0 Å². The van der Waals surface area contributed by atoms with Crippen molar-refractivity contribution in [2.24, 2.45) is 0 Å². The lowest BCUT2D eigenvalue weighted by molar-refractivity contribution is -0.116. The summed E-state index contributed by atoms with van der Waals surface area (Å²) in [6.07, 6.45) is 1.31. The highest BCUT2D eigenvalue weighted by atomic mass is 79.9. The molecule has 0 saturated heterocycles. The lowest BCUT2D eigenvalue weighted by atomic mass is 10.0. The lowest BCUT2D eigenvalue weighted by Gasteiger charge is -2.18. The Balaban J connectivity index is 2.53. The number of rotatable bonds is 0. The number of hydrogen-bond acceptors (Lipinski definition) is 1. The third-order valence-corrected chi connectivity index (χ3v) is 2.87. The van der Waals surface area contributed by atoms with Crippen LogP contribution in [0, 0.1) is 0 Å². The van der Waals surface area contributed by atoms with Gasteiger partial charge < -0.3 is 5.32 Å². The second kappa shape index (κ2) is 3.31. The Kier molecular flexibility index (Phi) is 2.30. The molecule has 1 aliphatic heterocycles. The SMILES string of the molecule is O=C1CCc2cc(Cl)cc(Br)c2N1. The van der Waals surface area contributed by atoms with Crippen molar-refractivity contribution in [1.82, 2.24) is 0 Å². The zero-order valence-electron chi connectivity index (χ0n) is 6.73. The van der Waals surface area contributed by atoms with E-state index in [1.165, 1.54) is 0 Å². The van der Waals surface area contributed by atoms with Crippen LogP contribution in [-0.4, -0.2) is 5.91 Å². The zero-order chi connectivity index (χ0) is 9.42. The number of amides is 1. The summed E-state index contributed by atoms with van der Waals surface area (Å²) in [5, 5.41) is 3.51. The van der Waals surface area contributed by atoms with Crippen LogP contribution >= 0.6 is 27.5 Å². The van der Waals surface area contributed by atoms with Crippen LogP contribution in [0.15, 0.2) is 16.6 Å². The largest absolute Gasteiger partial charge is 0.325 e. The molecule has 1 aromatic carbocycles. The van der Waals surface area contributed by atoms with Crippen molar-refractivity contribution in [3.63, 3.8) is 0 Å². The van der Waals surface area contributed by atoms with Gasteiger partial charge in [0, 0.05) is 15.9 Å². The van der Waals surface area contributed by atoms with Crippen molar-refractivity contribution < 1.29 is 4.79 Å². The average molecular weight is 261 g/mol. The van der Waals surface area contributed by atoms with Gasteiger partial charge in [-0.05, 0) is 40.0 Å². The van der Waals surface area contributed by atoms with Crippen LogP contribution in [0.4, 0.5) is 5.69 Å². The second-order valence-electron chi connectivity index (χ2n) is 2.97. The van der Waals surface area contributed by atoms with Crippen molar-refractivity contribution in [1.29, 1.82) is 0 Å². The molecule has 1 aromatic rings. The van der Waals surface area contributed by atoms with E-state index in [0.717, 1.165) is 22.1 Å². The maximum absolute atomic E-state index is 11.1. The fraction of sp³-hybridized carbons (Fsp3) is 0.222. The molecule has 0 saturated carbocycles. The summed E-state index contributed by atoms with van der Waals surface area (Å²) >= 11 is 9.24. The summed E-state index contributed by atoms with van der Waals surface area (Å²) in [7, 11) is 0. The number of carbonyl (C=O) groups excluding carboxylic acids is 1. The standard InChI is InChI=1S/C9H7BrClNO/c10-7-4-6(11)3-5-1-2-8(13)12-9(5)7/h3-4H,1-2H2,(H,12,13). The van der Waals surface area contributed by atoms with Gasteiger partial charge in [-0.1, -0.05) is 11.6 Å². The summed E-state index contributed by atoms with van der Waals surface area (Å²) in [5.74, 6) is 0.0653. The summed E-state index contributed by atoms with van der Waals surface area (Å²) in [4.78, 5) is 11.1. The lowest BCUT2D eigenvalue weighted by Crippen LogP contribution is -2.19. The van der Waals surface area contributed by atoms with E-state index in [4.69, 9.17) is 11.6 Å². The molecule has 1 aliphatic rings. The normalized spacial score (nSPS) is 15.1. The molecule has 0 aliphatic carbocycles. The molecule has 0 radical (unpaired) electrons. The fourth-order valence-corrected chi connectivity index (χ4v) is 2.39. The van der Waals surface area contributed by atoms with Gasteiger partial charge >= 0.3 is 0 Å². The van der Waals surface area contributed by atoms with Crippen LogP contribution in [0.3, 0.4) is 0 Å². The van der Waals surface area contributed by atoms with Gasteiger partial charge in [0.2, 0.25) is 5.91 Å². The predicted octanol–water partition coefficient (Wildman–Crippen LogP) is 2.99. The van der Waals surface area contributed by atoms with Crippen LogP contribution in [0.5, 0.6) is 0 Å². The summed E-state index contributed by atoms with van der Waals surface area (Å²) < 4.78 is 0.850. The first-order valence-corrected chi connectivity index (χ1v) is 5.11. The Bertz CT molecular complexity index is 378. The Morgan fingerprint density at radius 3 is 2.92 bits per heavy atom. The van der Waals surface area contributed by atoms with Crippen LogP contribution < -0.4 is 5.32 Å². The quantitative estimate of drug-likeness (QED) is 0.763. The van der Waals surface area contributed by atoms with Crippen molar-refractivity contribution in [2.45, 2.75) is 12.8 Å². The van der Waals surface area contributed by atoms with Crippen molar-refractivity contribution in [3.8, 4) is 0 Å². The van der Waals surface area contributed by atoms with Gasteiger partial charge in [-0.25, -0.2) is 0 Å². The minimum atomic E-state index is 0.0653. The third-order valence-electron chi connectivity index (χ3n) is 2.02. The number of fused-ring (bicyclic) bond motifs is 1. The number of benzene rings is 1. The van der Waals surface area contributed by atoms with Crippen LogP contribution in [0.25, 0.3) is 0 Å². The minimum Gasteiger partial charge on any atom is -0.325 e. The first-order chi connectivity index (χ1) is 6.16. The molecule has 2 nitrogen and oxygen atoms in total. The van der Waals surface area contributed by atoms with Gasteiger partial charge in [-0.2, -0.15) is 0 Å². The van der Waals surface area contributed by atoms with E-state index in [0.29, 0.717) is 11.4 Å². The number of carbonyl (C=O) groups is 1. The average Bonchev–Trinajstić information content (AvgIpc) is 2.06. The molecule has 1 amide bonds.